The number of allylic oxidation sites excluding steroid dienone is 18. The minimum absolute atomic E-state index is 0.0950. The molecule has 422 valence electrons. The van der Waals surface area contributed by atoms with E-state index >= 15 is 0 Å². The number of carbonyl (C=O) groups excluding carboxylic acids is 3. The first-order valence-corrected chi connectivity index (χ1v) is 30.9. The second-order valence-corrected chi connectivity index (χ2v) is 20.2. The van der Waals surface area contributed by atoms with E-state index in [-0.39, 0.29) is 31.1 Å². The summed E-state index contributed by atoms with van der Waals surface area (Å²) in [5, 5.41) is 0. The van der Waals surface area contributed by atoms with Gasteiger partial charge >= 0.3 is 17.9 Å². The van der Waals surface area contributed by atoms with E-state index < -0.39 is 6.10 Å². The molecule has 0 spiro atoms. The maximum Gasteiger partial charge on any atom is 0.306 e. The van der Waals surface area contributed by atoms with Crippen molar-refractivity contribution in [3.8, 4) is 0 Å². The van der Waals surface area contributed by atoms with Crippen LogP contribution in [0.15, 0.2) is 109 Å². The Morgan fingerprint density at radius 2 is 0.527 bits per heavy atom. The lowest BCUT2D eigenvalue weighted by Gasteiger charge is -2.18. The molecule has 6 heteroatoms. The van der Waals surface area contributed by atoms with Crippen molar-refractivity contribution >= 4 is 17.9 Å². The SMILES string of the molecule is CC/C=C\C/C=C\C/C=C\C/C=C\C/C=C\CCCCCCCC(=O)OCC(COC(=O)CCCCCCC/C=C\CCCCCCCCC)OC(=O)CCCCCCCC/C=C\C/C=C\C/C=C\CCCCC. The molecule has 0 saturated heterocycles. The van der Waals surface area contributed by atoms with Crippen molar-refractivity contribution in [2.75, 3.05) is 13.2 Å². The molecule has 0 aliphatic heterocycles. The molecule has 0 aliphatic rings. The van der Waals surface area contributed by atoms with Crippen LogP contribution < -0.4 is 0 Å². The third kappa shape index (κ3) is 59.0. The van der Waals surface area contributed by atoms with Gasteiger partial charge in [-0.3, -0.25) is 14.4 Å². The summed E-state index contributed by atoms with van der Waals surface area (Å²) in [6.07, 6.45) is 83.6. The lowest BCUT2D eigenvalue weighted by Crippen LogP contribution is -2.30. The molecule has 0 aromatic rings. The maximum absolute atomic E-state index is 12.9. The first-order valence-electron chi connectivity index (χ1n) is 30.9. The number of carbonyl (C=O) groups is 3. The number of hydrogen-bond acceptors (Lipinski definition) is 6. The molecule has 0 aliphatic carbocycles. The molecular weight excluding hydrogens is 913 g/mol. The molecule has 1 atom stereocenters. The van der Waals surface area contributed by atoms with Gasteiger partial charge in [-0.25, -0.2) is 0 Å². The zero-order valence-electron chi connectivity index (χ0n) is 48.3. The van der Waals surface area contributed by atoms with Gasteiger partial charge in [0.1, 0.15) is 13.2 Å². The summed E-state index contributed by atoms with van der Waals surface area (Å²) in [7, 11) is 0. The molecule has 1 unspecified atom stereocenters. The van der Waals surface area contributed by atoms with Crippen molar-refractivity contribution in [3.63, 3.8) is 0 Å². The van der Waals surface area contributed by atoms with Crippen molar-refractivity contribution in [1.82, 2.24) is 0 Å². The van der Waals surface area contributed by atoms with Crippen LogP contribution in [0.5, 0.6) is 0 Å². The molecule has 0 heterocycles. The predicted octanol–water partition coefficient (Wildman–Crippen LogP) is 21.0. The summed E-state index contributed by atoms with van der Waals surface area (Å²) >= 11 is 0. The first kappa shape index (κ1) is 70.1. The largest absolute Gasteiger partial charge is 0.462 e. The second kappa shape index (κ2) is 61.6. The Morgan fingerprint density at radius 3 is 0.865 bits per heavy atom. The fourth-order valence-corrected chi connectivity index (χ4v) is 8.35. The molecule has 0 amide bonds. The van der Waals surface area contributed by atoms with Crippen LogP contribution in [0.2, 0.25) is 0 Å². The molecule has 0 bridgehead atoms. The topological polar surface area (TPSA) is 78.9 Å². The number of ether oxygens (including phenoxy) is 3. The fourth-order valence-electron chi connectivity index (χ4n) is 8.35. The monoisotopic (exact) mass is 1030 g/mol. The van der Waals surface area contributed by atoms with E-state index in [1.165, 1.54) is 103 Å². The minimum atomic E-state index is -0.800. The quantitative estimate of drug-likeness (QED) is 0.0261. The summed E-state index contributed by atoms with van der Waals surface area (Å²) < 4.78 is 16.9. The highest BCUT2D eigenvalue weighted by Gasteiger charge is 2.19. The third-order valence-corrected chi connectivity index (χ3v) is 13.0. The second-order valence-electron chi connectivity index (χ2n) is 20.2. The zero-order chi connectivity index (χ0) is 53.6. The Hall–Kier alpha value is -3.93. The van der Waals surface area contributed by atoms with Crippen LogP contribution in [0.1, 0.15) is 284 Å². The smallest absolute Gasteiger partial charge is 0.306 e. The highest BCUT2D eigenvalue weighted by Crippen LogP contribution is 2.14. The Labute approximate surface area is 457 Å². The molecule has 0 fully saturated rings. The standard InChI is InChI=1S/C68H114O6/c1-4-7-10-13-16-19-22-25-28-31-33-34-36-37-40-43-46-49-52-55-58-61-67(70)73-64-65(63-72-66(69)60-57-54-51-48-45-42-39-30-27-24-21-18-15-12-9-6-3)74-68(71)62-59-56-53-50-47-44-41-38-35-32-29-26-23-20-17-14-11-8-5-2/h7,10,16-17,19-20,25-26,28-30,33-35,37-40,65H,4-6,8-9,11-15,18,21-24,27,31-32,36,41-64H2,1-3H3/b10-7-,19-16-,20-17-,28-25-,29-26-,34-33-,38-35-,39-30-,40-37-. The Kier molecular flexibility index (Phi) is 58.3. The van der Waals surface area contributed by atoms with Gasteiger partial charge in [0, 0.05) is 19.3 Å². The van der Waals surface area contributed by atoms with Crippen LogP contribution in [-0.2, 0) is 28.6 Å². The van der Waals surface area contributed by atoms with Gasteiger partial charge in [0.2, 0.25) is 0 Å². The van der Waals surface area contributed by atoms with Crippen molar-refractivity contribution < 1.29 is 28.6 Å². The Morgan fingerprint density at radius 1 is 0.284 bits per heavy atom. The fraction of sp³-hybridized carbons (Fsp3) is 0.691. The number of unbranched alkanes of at least 4 members (excludes halogenated alkanes) is 26. The minimum Gasteiger partial charge on any atom is -0.462 e. The van der Waals surface area contributed by atoms with Gasteiger partial charge in [-0.1, -0.05) is 246 Å². The molecule has 0 aromatic heterocycles. The highest BCUT2D eigenvalue weighted by molar-refractivity contribution is 5.71. The van der Waals surface area contributed by atoms with Crippen LogP contribution in [0.25, 0.3) is 0 Å². The summed E-state index contributed by atoms with van der Waals surface area (Å²) in [4.78, 5) is 38.3. The van der Waals surface area contributed by atoms with E-state index in [2.05, 4.69) is 130 Å². The van der Waals surface area contributed by atoms with E-state index in [0.29, 0.717) is 19.3 Å². The number of hydrogen-bond donors (Lipinski definition) is 0. The van der Waals surface area contributed by atoms with E-state index in [1.807, 2.05) is 0 Å². The van der Waals surface area contributed by atoms with Gasteiger partial charge in [0.15, 0.2) is 6.10 Å². The number of rotatable bonds is 55. The Bertz CT molecular complexity index is 1510. The van der Waals surface area contributed by atoms with Crippen molar-refractivity contribution in [3.05, 3.63) is 109 Å². The van der Waals surface area contributed by atoms with E-state index in [1.54, 1.807) is 0 Å². The van der Waals surface area contributed by atoms with E-state index in [9.17, 15) is 14.4 Å². The molecule has 0 saturated carbocycles. The average molecular weight is 1030 g/mol. The molecule has 74 heavy (non-hydrogen) atoms. The van der Waals surface area contributed by atoms with Crippen molar-refractivity contribution in [1.29, 1.82) is 0 Å². The zero-order valence-corrected chi connectivity index (χ0v) is 48.3. The Balaban J connectivity index is 4.47. The summed E-state index contributed by atoms with van der Waals surface area (Å²) in [6.45, 7) is 6.48. The van der Waals surface area contributed by atoms with Gasteiger partial charge in [0.05, 0.1) is 0 Å². The molecular formula is C68H114O6. The van der Waals surface area contributed by atoms with Crippen LogP contribution in [-0.4, -0.2) is 37.2 Å². The third-order valence-electron chi connectivity index (χ3n) is 13.0. The molecule has 6 nitrogen and oxygen atoms in total. The van der Waals surface area contributed by atoms with Crippen LogP contribution in [0, 0.1) is 0 Å². The van der Waals surface area contributed by atoms with Crippen LogP contribution >= 0.6 is 0 Å². The summed E-state index contributed by atoms with van der Waals surface area (Å²) in [5.41, 5.74) is 0. The van der Waals surface area contributed by atoms with Crippen LogP contribution in [0.4, 0.5) is 0 Å². The normalized spacial score (nSPS) is 12.9. The average Bonchev–Trinajstić information content (AvgIpc) is 3.40. The highest BCUT2D eigenvalue weighted by atomic mass is 16.6. The first-order chi connectivity index (χ1) is 36.5. The van der Waals surface area contributed by atoms with Gasteiger partial charge < -0.3 is 14.2 Å². The summed E-state index contributed by atoms with van der Waals surface area (Å²) in [6, 6.07) is 0. The van der Waals surface area contributed by atoms with Crippen molar-refractivity contribution in [2.45, 2.75) is 290 Å². The van der Waals surface area contributed by atoms with Gasteiger partial charge in [-0.2, -0.15) is 0 Å². The lowest BCUT2D eigenvalue weighted by atomic mass is 10.1. The van der Waals surface area contributed by atoms with E-state index in [4.69, 9.17) is 14.2 Å². The van der Waals surface area contributed by atoms with Gasteiger partial charge in [-0.15, -0.1) is 0 Å². The lowest BCUT2D eigenvalue weighted by molar-refractivity contribution is -0.167. The van der Waals surface area contributed by atoms with Crippen molar-refractivity contribution in [2.24, 2.45) is 0 Å². The van der Waals surface area contributed by atoms with Crippen LogP contribution in [0.3, 0.4) is 0 Å². The molecule has 0 rings (SSSR count). The van der Waals surface area contributed by atoms with Gasteiger partial charge in [-0.05, 0) is 128 Å². The van der Waals surface area contributed by atoms with E-state index in [0.717, 1.165) is 141 Å². The van der Waals surface area contributed by atoms with Gasteiger partial charge in [0.25, 0.3) is 0 Å². The molecule has 0 radical (unpaired) electrons. The molecule has 0 N–H and O–H groups in total. The number of esters is 3. The predicted molar refractivity (Wildman–Crippen MR) is 320 cm³/mol. The maximum atomic E-state index is 12.9. The summed E-state index contributed by atoms with van der Waals surface area (Å²) in [5.74, 6) is -0.930. The molecule has 0 aromatic carbocycles.